The molecule has 31 heavy (non-hydrogen) atoms. The standard InChI is InChI=1S/C25H29FN3O2/c1-17-4-6-21-22(28-17)7-9-24-25(21)31-20(16-30-24)15-29(12-3-2-11-27)13-10-18-14-19(26)5-8-23(18)29/h4-9,14,20H,2-3,10-13,15-16,27H2,1H3/q+1/t20-,29?/m0/s1. The number of aryl methyl sites for hydroxylation is 1. The molecular formula is C25H29FN3O2+. The molecule has 3 aromatic rings. The molecule has 6 heteroatoms. The van der Waals surface area contributed by atoms with Crippen molar-refractivity contribution in [2.24, 2.45) is 5.73 Å². The molecule has 2 N–H and O–H groups in total. The Morgan fingerprint density at radius 1 is 1.16 bits per heavy atom. The molecule has 0 spiro atoms. The molecule has 162 valence electrons. The van der Waals surface area contributed by atoms with Gasteiger partial charge < -0.3 is 15.2 Å². The maximum absolute atomic E-state index is 13.8. The monoisotopic (exact) mass is 422 g/mol. The van der Waals surface area contributed by atoms with Crippen LogP contribution in [-0.2, 0) is 6.42 Å². The number of hydrogen-bond acceptors (Lipinski definition) is 4. The first kappa shape index (κ1) is 20.2. The lowest BCUT2D eigenvalue weighted by Gasteiger charge is -2.39. The minimum atomic E-state index is -0.166. The van der Waals surface area contributed by atoms with Gasteiger partial charge in [-0.3, -0.25) is 9.47 Å². The molecule has 0 bridgehead atoms. The maximum atomic E-state index is 13.8. The van der Waals surface area contributed by atoms with Crippen molar-refractivity contribution in [2.45, 2.75) is 32.3 Å². The van der Waals surface area contributed by atoms with Crippen LogP contribution in [-0.4, -0.2) is 43.9 Å². The van der Waals surface area contributed by atoms with E-state index in [9.17, 15) is 4.39 Å². The Balaban J connectivity index is 1.45. The summed E-state index contributed by atoms with van der Waals surface area (Å²) in [5.74, 6) is 1.38. The molecule has 2 aromatic carbocycles. The SMILES string of the molecule is Cc1ccc2c3c(ccc2n1)OC[C@H](C[N+]1(CCCCN)CCc2cc(F)ccc21)O3. The van der Waals surface area contributed by atoms with Crippen molar-refractivity contribution in [2.75, 3.05) is 32.8 Å². The highest BCUT2D eigenvalue weighted by Crippen LogP contribution is 2.41. The topological polar surface area (TPSA) is 57.4 Å². The van der Waals surface area contributed by atoms with E-state index in [1.807, 2.05) is 31.2 Å². The molecular weight excluding hydrogens is 393 g/mol. The first-order valence-electron chi connectivity index (χ1n) is 11.1. The van der Waals surface area contributed by atoms with Crippen molar-refractivity contribution < 1.29 is 13.9 Å². The first-order valence-corrected chi connectivity index (χ1v) is 11.1. The Morgan fingerprint density at radius 2 is 2.06 bits per heavy atom. The van der Waals surface area contributed by atoms with E-state index in [4.69, 9.17) is 15.2 Å². The number of nitrogens with two attached hydrogens (primary N) is 1. The smallest absolute Gasteiger partial charge is 0.182 e. The van der Waals surface area contributed by atoms with E-state index in [0.717, 1.165) is 77.0 Å². The van der Waals surface area contributed by atoms with Crippen molar-refractivity contribution >= 4 is 16.6 Å². The predicted molar refractivity (Wildman–Crippen MR) is 121 cm³/mol. The summed E-state index contributed by atoms with van der Waals surface area (Å²) in [5, 5.41) is 0.978. The van der Waals surface area contributed by atoms with Crippen molar-refractivity contribution in [1.29, 1.82) is 0 Å². The minimum absolute atomic E-state index is 0.0896. The van der Waals surface area contributed by atoms with Gasteiger partial charge in [0, 0.05) is 29.1 Å². The second kappa shape index (κ2) is 8.09. The maximum Gasteiger partial charge on any atom is 0.182 e. The number of fused-ring (bicyclic) bond motifs is 4. The van der Waals surface area contributed by atoms with E-state index in [1.165, 1.54) is 5.69 Å². The molecule has 0 amide bonds. The average molecular weight is 423 g/mol. The van der Waals surface area contributed by atoms with Gasteiger partial charge in [-0.1, -0.05) is 0 Å². The molecule has 2 atom stereocenters. The van der Waals surface area contributed by atoms with Crippen LogP contribution in [0, 0.1) is 12.7 Å². The Bertz CT molecular complexity index is 1120. The van der Waals surface area contributed by atoms with Crippen LogP contribution < -0.4 is 19.7 Å². The van der Waals surface area contributed by atoms with Gasteiger partial charge in [0.25, 0.3) is 0 Å². The van der Waals surface area contributed by atoms with Crippen LogP contribution in [0.2, 0.25) is 0 Å². The van der Waals surface area contributed by atoms with Gasteiger partial charge in [0.2, 0.25) is 0 Å². The van der Waals surface area contributed by atoms with Crippen LogP contribution in [0.4, 0.5) is 10.1 Å². The summed E-state index contributed by atoms with van der Waals surface area (Å²) in [6, 6.07) is 13.2. The molecule has 0 aliphatic carbocycles. The van der Waals surface area contributed by atoms with Crippen LogP contribution in [0.3, 0.4) is 0 Å². The van der Waals surface area contributed by atoms with Gasteiger partial charge in [-0.2, -0.15) is 0 Å². The summed E-state index contributed by atoms with van der Waals surface area (Å²) in [6.45, 7) is 5.89. The number of rotatable bonds is 6. The lowest BCUT2D eigenvalue weighted by atomic mass is 10.1. The van der Waals surface area contributed by atoms with Crippen molar-refractivity contribution in [3.05, 3.63) is 59.5 Å². The zero-order valence-corrected chi connectivity index (χ0v) is 17.9. The Kier molecular flexibility index (Phi) is 5.28. The lowest BCUT2D eigenvalue weighted by molar-refractivity contribution is 0.0640. The Hall–Kier alpha value is -2.70. The zero-order chi connectivity index (χ0) is 21.4. The van der Waals surface area contributed by atoms with E-state index in [0.29, 0.717) is 13.2 Å². The molecule has 0 saturated heterocycles. The van der Waals surface area contributed by atoms with Gasteiger partial charge in [0.15, 0.2) is 17.6 Å². The van der Waals surface area contributed by atoms with Crippen molar-refractivity contribution in [3.8, 4) is 11.5 Å². The third kappa shape index (κ3) is 3.75. The number of benzene rings is 2. The minimum Gasteiger partial charge on any atom is -0.486 e. The van der Waals surface area contributed by atoms with Crippen LogP contribution in [0.15, 0.2) is 42.5 Å². The van der Waals surface area contributed by atoms with Gasteiger partial charge >= 0.3 is 0 Å². The molecule has 5 rings (SSSR count). The van der Waals surface area contributed by atoms with Crippen molar-refractivity contribution in [3.63, 3.8) is 0 Å². The molecule has 5 nitrogen and oxygen atoms in total. The first-order chi connectivity index (χ1) is 15.1. The number of aromatic nitrogens is 1. The van der Waals surface area contributed by atoms with Crippen LogP contribution >= 0.6 is 0 Å². The fourth-order valence-corrected chi connectivity index (χ4v) is 5.10. The number of hydrogen-bond donors (Lipinski definition) is 1. The highest BCUT2D eigenvalue weighted by molar-refractivity contribution is 5.88. The van der Waals surface area contributed by atoms with E-state index in [-0.39, 0.29) is 11.9 Å². The molecule has 0 saturated carbocycles. The molecule has 0 radical (unpaired) electrons. The molecule has 0 fully saturated rings. The van der Waals surface area contributed by atoms with Gasteiger partial charge in [-0.25, -0.2) is 4.39 Å². The Morgan fingerprint density at radius 3 is 2.94 bits per heavy atom. The lowest BCUT2D eigenvalue weighted by Crippen LogP contribution is -2.55. The summed E-state index contributed by atoms with van der Waals surface area (Å²) < 4.78 is 27.3. The second-order valence-corrected chi connectivity index (χ2v) is 8.76. The molecule has 2 aliphatic rings. The number of pyridine rings is 1. The van der Waals surface area contributed by atoms with Gasteiger partial charge in [0.1, 0.15) is 24.7 Å². The van der Waals surface area contributed by atoms with Crippen LogP contribution in [0.1, 0.15) is 24.1 Å². The summed E-state index contributed by atoms with van der Waals surface area (Å²) in [4.78, 5) is 4.63. The average Bonchev–Trinajstić information content (AvgIpc) is 3.11. The second-order valence-electron chi connectivity index (χ2n) is 8.76. The Labute approximate surface area is 182 Å². The largest absolute Gasteiger partial charge is 0.486 e. The van der Waals surface area contributed by atoms with Crippen LogP contribution in [0.25, 0.3) is 10.9 Å². The molecule has 2 aliphatic heterocycles. The van der Waals surface area contributed by atoms with Crippen LogP contribution in [0.5, 0.6) is 11.5 Å². The predicted octanol–water partition coefficient (Wildman–Crippen LogP) is 4.12. The third-order valence-electron chi connectivity index (χ3n) is 6.59. The van der Waals surface area contributed by atoms with Crippen molar-refractivity contribution in [1.82, 2.24) is 9.47 Å². The summed E-state index contributed by atoms with van der Waals surface area (Å²) in [7, 11) is 0. The summed E-state index contributed by atoms with van der Waals surface area (Å²) in [5.41, 5.74) is 9.97. The van der Waals surface area contributed by atoms with E-state index in [1.54, 1.807) is 12.1 Å². The highest BCUT2D eigenvalue weighted by Gasteiger charge is 2.41. The zero-order valence-electron chi connectivity index (χ0n) is 17.9. The quantitative estimate of drug-likeness (QED) is 0.480. The summed E-state index contributed by atoms with van der Waals surface area (Å²) in [6.07, 6.45) is 2.81. The van der Waals surface area contributed by atoms with E-state index >= 15 is 0 Å². The number of quaternary nitrogens is 1. The highest BCUT2D eigenvalue weighted by atomic mass is 19.1. The number of nitrogens with zero attached hydrogens (tertiary/aromatic N) is 2. The van der Waals surface area contributed by atoms with Gasteiger partial charge in [-0.15, -0.1) is 0 Å². The van der Waals surface area contributed by atoms with Gasteiger partial charge in [-0.05, 0) is 62.7 Å². The molecule has 1 unspecified atom stereocenters. The fourth-order valence-electron chi connectivity index (χ4n) is 5.10. The summed E-state index contributed by atoms with van der Waals surface area (Å²) >= 11 is 0. The number of ether oxygens (including phenoxy) is 2. The van der Waals surface area contributed by atoms with E-state index < -0.39 is 0 Å². The molecule has 3 heterocycles. The number of unbranched alkanes of at least 4 members (excludes halogenated alkanes) is 1. The number of halogens is 1. The molecule has 1 aromatic heterocycles. The van der Waals surface area contributed by atoms with E-state index in [2.05, 4.69) is 11.1 Å². The fraction of sp³-hybridized carbons (Fsp3) is 0.400. The normalized spacial score (nSPS) is 22.0. The third-order valence-corrected chi connectivity index (χ3v) is 6.59. The van der Waals surface area contributed by atoms with Gasteiger partial charge in [0.05, 0.1) is 18.6 Å².